The Kier molecular flexibility index (Phi) is 10.2. The second-order valence-corrected chi connectivity index (χ2v) is 28.0. The van der Waals surface area contributed by atoms with E-state index in [9.17, 15) is 0 Å². The minimum absolute atomic E-state index is 0.00145. The van der Waals surface area contributed by atoms with Gasteiger partial charge < -0.3 is 23.4 Å². The third-order valence-corrected chi connectivity index (χ3v) is 17.2. The van der Waals surface area contributed by atoms with E-state index in [1.165, 1.54) is 12.1 Å². The summed E-state index contributed by atoms with van der Waals surface area (Å²) in [6, 6.07) is 5.39. The monoisotopic (exact) mass is 803 g/mol. The van der Waals surface area contributed by atoms with Crippen molar-refractivity contribution >= 4 is 55.1 Å². The number of aromatic nitrogens is 3. The van der Waals surface area contributed by atoms with Crippen LogP contribution in [0.25, 0.3) is 11.2 Å². The van der Waals surface area contributed by atoms with Crippen LogP contribution in [0.5, 0.6) is 6.01 Å². The van der Waals surface area contributed by atoms with Crippen LogP contribution in [0.15, 0.2) is 22.7 Å². The summed E-state index contributed by atoms with van der Waals surface area (Å²) in [5.41, 5.74) is 0.967. The summed E-state index contributed by atoms with van der Waals surface area (Å²) < 4.78 is 78.9. The number of hydrogen-bond donors (Lipinski definition) is 0. The first-order chi connectivity index (χ1) is 22.7. The van der Waals surface area contributed by atoms with Gasteiger partial charge in [0.05, 0.1) is 30.0 Å². The summed E-state index contributed by atoms with van der Waals surface area (Å²) in [6.45, 7) is 19.2. The zero-order valence-corrected chi connectivity index (χ0v) is 33.7. The molecule has 2 fully saturated rings. The molecule has 0 N–H and O–H groups in total. The molecule has 4 heterocycles. The summed E-state index contributed by atoms with van der Waals surface area (Å²) in [4.78, 5) is 9.58. The number of alkyl halides is 2. The van der Waals surface area contributed by atoms with Crippen molar-refractivity contribution in [2.45, 2.75) is 120 Å². The van der Waals surface area contributed by atoms with E-state index >= 15 is 13.2 Å². The maximum absolute atomic E-state index is 15.1. The van der Waals surface area contributed by atoms with Crippen molar-refractivity contribution in [3.63, 3.8) is 0 Å². The third kappa shape index (κ3) is 7.67. The zero-order valence-electron chi connectivity index (χ0n) is 29.3. The first kappa shape index (κ1) is 37.2. The molecule has 3 aliphatic rings. The number of ether oxygens (including phenoxy) is 4. The average molecular weight is 805 g/mol. The van der Waals surface area contributed by atoms with Crippen LogP contribution in [0.2, 0.25) is 48.8 Å². The zero-order chi connectivity index (χ0) is 35.7. The summed E-state index contributed by atoms with van der Waals surface area (Å²) in [5.74, 6) is -4.66. The van der Waals surface area contributed by atoms with Crippen molar-refractivity contribution in [3.05, 3.63) is 50.3 Å². The average Bonchev–Trinajstić information content (AvgIpc) is 3.69. The number of pyridine rings is 1. The van der Waals surface area contributed by atoms with E-state index in [0.717, 1.165) is 6.04 Å². The molecule has 49 heavy (non-hydrogen) atoms. The van der Waals surface area contributed by atoms with Gasteiger partial charge in [-0.3, -0.25) is 4.57 Å². The van der Waals surface area contributed by atoms with Gasteiger partial charge in [-0.05, 0) is 54.7 Å². The lowest BCUT2D eigenvalue weighted by molar-refractivity contribution is -0.00686. The van der Waals surface area contributed by atoms with E-state index in [-0.39, 0.29) is 63.1 Å². The molecule has 3 aromatic rings. The molecule has 0 amide bonds. The van der Waals surface area contributed by atoms with Crippen molar-refractivity contribution in [3.8, 4) is 6.01 Å². The molecule has 0 radical (unpaired) electrons. The molecule has 1 unspecified atom stereocenters. The van der Waals surface area contributed by atoms with Gasteiger partial charge in [0.2, 0.25) is 0 Å². The molecule has 1 aromatic carbocycles. The second-order valence-electron chi connectivity index (χ2n) is 16.3. The minimum Gasteiger partial charge on any atom is -0.456 e. The van der Waals surface area contributed by atoms with E-state index in [1.807, 2.05) is 0 Å². The lowest BCUT2D eigenvalue weighted by atomic mass is 9.95. The maximum Gasteiger partial charge on any atom is 0.301 e. The molecule has 0 bridgehead atoms. The second kappa shape index (κ2) is 13.5. The minimum atomic E-state index is -3.17. The Hall–Kier alpha value is -1.53. The highest BCUT2D eigenvalue weighted by Gasteiger charge is 2.53. The summed E-state index contributed by atoms with van der Waals surface area (Å²) in [7, 11) is -3.43. The first-order valence-electron chi connectivity index (χ1n) is 16.8. The molecule has 5 atom stereocenters. The smallest absolute Gasteiger partial charge is 0.301 e. The summed E-state index contributed by atoms with van der Waals surface area (Å²) >= 11 is 9.86. The predicted octanol–water partition coefficient (Wildman–Crippen LogP) is 9.06. The highest BCUT2D eigenvalue weighted by molar-refractivity contribution is 9.10. The quantitative estimate of drug-likeness (QED) is 0.142. The fourth-order valence-corrected chi connectivity index (χ4v) is 9.20. The number of fused-ring (bicyclic) bond motifs is 3. The van der Waals surface area contributed by atoms with Crippen molar-refractivity contribution < 1.29 is 36.5 Å². The van der Waals surface area contributed by atoms with Crippen molar-refractivity contribution in [1.29, 1.82) is 0 Å². The molecule has 15 heteroatoms. The molecule has 8 nitrogen and oxygen atoms in total. The predicted molar refractivity (Wildman–Crippen MR) is 192 cm³/mol. The summed E-state index contributed by atoms with van der Waals surface area (Å²) in [5, 5.41) is 0.298. The molecular weight excluding hydrogens is 759 g/mol. The van der Waals surface area contributed by atoms with Gasteiger partial charge >= 0.3 is 6.01 Å². The fourth-order valence-electron chi connectivity index (χ4n) is 6.48. The third-order valence-electron chi connectivity index (χ3n) is 10.2. The van der Waals surface area contributed by atoms with Gasteiger partial charge in [-0.2, -0.15) is 4.98 Å². The Morgan fingerprint density at radius 1 is 1.04 bits per heavy atom. The van der Waals surface area contributed by atoms with Crippen LogP contribution >= 0.6 is 27.5 Å². The lowest BCUT2D eigenvalue weighted by Crippen LogP contribution is -2.47. The van der Waals surface area contributed by atoms with Gasteiger partial charge in [0.1, 0.15) is 30.3 Å². The van der Waals surface area contributed by atoms with Gasteiger partial charge in [0, 0.05) is 36.7 Å². The van der Waals surface area contributed by atoms with E-state index in [1.54, 1.807) is 10.6 Å². The van der Waals surface area contributed by atoms with Crippen LogP contribution < -0.4 is 4.74 Å². The van der Waals surface area contributed by atoms with Gasteiger partial charge in [0.25, 0.3) is 5.92 Å². The normalized spacial score (nSPS) is 25.3. The van der Waals surface area contributed by atoms with Gasteiger partial charge in [-0.25, -0.2) is 18.2 Å². The molecule has 2 aliphatic heterocycles. The molecule has 6 rings (SSSR count). The van der Waals surface area contributed by atoms with Crippen LogP contribution in [0, 0.1) is 5.82 Å². The SMILES string of the molecule is CC(C)(C)[Si](C)(C)O[C@@H]1CO[C@H]2[C@@H]1OC[C@H]2Oc1nc2cc(Cl)c(CC3CC(F)(F)c4cc(Br)cc(F)c43)nc2n1COCC[Si](C)(C)C. The first-order valence-corrected chi connectivity index (χ1v) is 24.6. The Bertz CT molecular complexity index is 1720. The topological polar surface area (TPSA) is 76.9 Å². The molecule has 1 aliphatic carbocycles. The summed E-state index contributed by atoms with van der Waals surface area (Å²) in [6.07, 6.45) is -1.77. The lowest BCUT2D eigenvalue weighted by Gasteiger charge is -2.39. The van der Waals surface area contributed by atoms with Crippen molar-refractivity contribution in [2.24, 2.45) is 0 Å². The highest BCUT2D eigenvalue weighted by atomic mass is 79.9. The molecule has 2 aromatic heterocycles. The molecule has 0 spiro atoms. The largest absolute Gasteiger partial charge is 0.456 e. The van der Waals surface area contributed by atoms with Gasteiger partial charge in [0.15, 0.2) is 20.1 Å². The molecule has 270 valence electrons. The fraction of sp³-hybridized carbons (Fsp3) is 0.647. The van der Waals surface area contributed by atoms with Crippen LogP contribution in [0.1, 0.15) is 49.9 Å². The number of imidazole rings is 1. The molecule has 0 saturated carbocycles. The van der Waals surface area contributed by atoms with Crippen molar-refractivity contribution in [1.82, 2.24) is 14.5 Å². The number of nitrogens with zero attached hydrogens (tertiary/aromatic N) is 3. The van der Waals surface area contributed by atoms with E-state index in [4.69, 9.17) is 44.9 Å². The van der Waals surface area contributed by atoms with Gasteiger partial charge in [-0.1, -0.05) is 67.9 Å². The van der Waals surface area contributed by atoms with E-state index in [0.29, 0.717) is 36.7 Å². The van der Waals surface area contributed by atoms with E-state index < -0.39 is 46.6 Å². The van der Waals surface area contributed by atoms with E-state index in [2.05, 4.69) is 69.4 Å². The number of benzene rings is 1. The number of hydrogen-bond acceptors (Lipinski definition) is 7. The Morgan fingerprint density at radius 3 is 2.39 bits per heavy atom. The van der Waals surface area contributed by atoms with Crippen molar-refractivity contribution in [2.75, 3.05) is 19.8 Å². The highest BCUT2D eigenvalue weighted by Crippen LogP contribution is 2.51. The Labute approximate surface area is 301 Å². The van der Waals surface area contributed by atoms with Crippen LogP contribution in [0.3, 0.4) is 0 Å². The molecule has 2 saturated heterocycles. The molecular formula is C34H46BrClF3N3O5Si2. The van der Waals surface area contributed by atoms with Crippen LogP contribution in [0.4, 0.5) is 13.2 Å². The van der Waals surface area contributed by atoms with Gasteiger partial charge in [-0.15, -0.1) is 0 Å². The van der Waals surface area contributed by atoms with Crippen LogP contribution in [-0.4, -0.2) is 75.2 Å². The Morgan fingerprint density at radius 2 is 1.71 bits per heavy atom. The standard InChI is InChI=1S/C34H46BrClF3N3O5Si2/c1-33(2,3)49(7,8)47-27-17-45-29-26(16-44-30(27)29)46-32-41-25-14-22(36)24(40-31(25)42(32)18-43-9-10-48(4,5)6)11-19-15-34(38,39)21-12-20(35)13-23(37)28(19)21/h12-14,19,26-27,29-30H,9-11,15-18H2,1-8H3/t19?,26-,27-,29-,30-/m1/s1. The van der Waals surface area contributed by atoms with Crippen LogP contribution in [-0.2, 0) is 37.7 Å². The number of rotatable bonds is 11. The Balaban J connectivity index is 1.27. The number of halogens is 5. The maximum atomic E-state index is 15.1.